The van der Waals surface area contributed by atoms with Gasteiger partial charge in [0.15, 0.2) is 5.92 Å². The smallest absolute Gasteiger partial charge is 0.320 e. The van der Waals surface area contributed by atoms with Crippen molar-refractivity contribution in [1.82, 2.24) is 10.2 Å². The van der Waals surface area contributed by atoms with Crippen molar-refractivity contribution in [2.45, 2.75) is 48.4 Å². The number of carbonyl (C=O) groups excluding carboxylic acids is 3. The summed E-state index contributed by atoms with van der Waals surface area (Å²) in [5, 5.41) is 22.6. The molecular formula is C18H19N2O6S-. The van der Waals surface area contributed by atoms with Crippen LogP contribution in [0.15, 0.2) is 30.3 Å². The van der Waals surface area contributed by atoms with Gasteiger partial charge in [0.2, 0.25) is 11.8 Å². The number of nitrogens with zero attached hydrogens (tertiary/aromatic N) is 1. The minimum Gasteiger partial charge on any atom is -0.550 e. The van der Waals surface area contributed by atoms with Crippen molar-refractivity contribution in [1.29, 1.82) is 0 Å². The number of benzene rings is 1. The quantitative estimate of drug-likeness (QED) is 0.496. The minimum absolute atomic E-state index is 0.287. The highest BCUT2D eigenvalue weighted by Crippen LogP contribution is 2.51. The van der Waals surface area contributed by atoms with Gasteiger partial charge in [0.05, 0.1) is 6.04 Å². The Kier molecular flexibility index (Phi) is 4.90. The molecule has 2 saturated heterocycles. The number of carboxylic acids is 2. The summed E-state index contributed by atoms with van der Waals surface area (Å²) in [6.45, 7) is 3.67. The molecule has 0 spiro atoms. The summed E-state index contributed by atoms with van der Waals surface area (Å²) in [6, 6.07) is 6.64. The Hall–Kier alpha value is -2.55. The predicted octanol–water partition coefficient (Wildman–Crippen LogP) is -0.458. The molecular weight excluding hydrogens is 372 g/mol. The Morgan fingerprint density at radius 2 is 1.93 bits per heavy atom. The van der Waals surface area contributed by atoms with Crippen molar-refractivity contribution in [3.8, 4) is 0 Å². The van der Waals surface area contributed by atoms with Crippen molar-refractivity contribution in [3.05, 3.63) is 35.9 Å². The SMILES string of the molecule is CC1(C)S[C@@H]2[C@H](NC(=O)C(C(=O)O)c3ccccc3)C(=O)N2[C@H]1CC(=O)[O-]. The fraction of sp³-hybridized carbons (Fsp3) is 0.444. The second kappa shape index (κ2) is 6.88. The summed E-state index contributed by atoms with van der Waals surface area (Å²) < 4.78 is -0.522. The van der Waals surface area contributed by atoms with E-state index in [1.54, 1.807) is 18.2 Å². The Bertz CT molecular complexity index is 796. The molecule has 0 saturated carbocycles. The molecule has 0 aliphatic carbocycles. The van der Waals surface area contributed by atoms with Crippen LogP contribution in [0.1, 0.15) is 31.7 Å². The zero-order chi connectivity index (χ0) is 19.9. The standard InChI is InChI=1S/C18H20N2O6S/c1-18(2)10(8-11(21)22)20-15(24)13(16(20)27-18)19-14(23)12(17(25)26)9-6-4-3-5-7-9/h3-7,10,12-13,16H,8H2,1-2H3,(H,19,23)(H,21,22)(H,25,26)/p-1/t10-,12?,13+,16+/m0/s1. The van der Waals surface area contributed by atoms with E-state index < -0.39 is 51.9 Å². The van der Waals surface area contributed by atoms with Gasteiger partial charge < -0.3 is 25.2 Å². The fourth-order valence-electron chi connectivity index (χ4n) is 3.59. The number of nitrogens with one attached hydrogen (secondary N) is 1. The van der Waals surface area contributed by atoms with Gasteiger partial charge in [0, 0.05) is 17.1 Å². The molecule has 27 heavy (non-hydrogen) atoms. The molecule has 8 nitrogen and oxygen atoms in total. The van der Waals surface area contributed by atoms with Gasteiger partial charge in [-0.2, -0.15) is 0 Å². The number of thioether (sulfide) groups is 1. The summed E-state index contributed by atoms with van der Waals surface area (Å²) in [5.41, 5.74) is 0.320. The highest BCUT2D eigenvalue weighted by Gasteiger charge is 2.61. The van der Waals surface area contributed by atoms with Crippen LogP contribution in [-0.2, 0) is 19.2 Å². The zero-order valence-electron chi connectivity index (χ0n) is 14.7. The lowest BCUT2D eigenvalue weighted by Gasteiger charge is -2.45. The molecule has 3 rings (SSSR count). The lowest BCUT2D eigenvalue weighted by Crippen LogP contribution is -2.70. The van der Waals surface area contributed by atoms with Crippen molar-refractivity contribution >= 4 is 35.5 Å². The average molecular weight is 391 g/mol. The largest absolute Gasteiger partial charge is 0.550 e. The highest BCUT2D eigenvalue weighted by atomic mass is 32.2. The molecule has 0 radical (unpaired) electrons. The average Bonchev–Trinajstić information content (AvgIpc) is 2.81. The van der Waals surface area contributed by atoms with Crippen molar-refractivity contribution in [2.75, 3.05) is 0 Å². The molecule has 144 valence electrons. The first-order valence-electron chi connectivity index (χ1n) is 8.41. The van der Waals surface area contributed by atoms with E-state index in [0.29, 0.717) is 5.56 Å². The molecule has 2 heterocycles. The van der Waals surface area contributed by atoms with Crippen LogP contribution in [0.25, 0.3) is 0 Å². The number of aliphatic carboxylic acids is 2. The Labute approximate surface area is 159 Å². The molecule has 2 amide bonds. The van der Waals surface area contributed by atoms with E-state index >= 15 is 0 Å². The summed E-state index contributed by atoms with van der Waals surface area (Å²) in [7, 11) is 0. The van der Waals surface area contributed by atoms with E-state index in [1.807, 2.05) is 13.8 Å². The van der Waals surface area contributed by atoms with Gasteiger partial charge in [0.25, 0.3) is 0 Å². The molecule has 2 aliphatic heterocycles. The molecule has 1 aromatic rings. The third-order valence-corrected chi connectivity index (χ3v) is 6.56. The maximum atomic E-state index is 12.6. The number of amides is 2. The van der Waals surface area contributed by atoms with Gasteiger partial charge in [0.1, 0.15) is 11.4 Å². The molecule has 0 aromatic heterocycles. The lowest BCUT2D eigenvalue weighted by atomic mass is 9.92. The lowest BCUT2D eigenvalue weighted by molar-refractivity contribution is -0.307. The molecule has 2 N–H and O–H groups in total. The molecule has 4 atom stereocenters. The normalized spacial score (nSPS) is 26.7. The Morgan fingerprint density at radius 1 is 1.30 bits per heavy atom. The van der Waals surface area contributed by atoms with Crippen molar-refractivity contribution in [3.63, 3.8) is 0 Å². The van der Waals surface area contributed by atoms with Crippen LogP contribution in [0.3, 0.4) is 0 Å². The van der Waals surface area contributed by atoms with Crippen LogP contribution in [0.4, 0.5) is 0 Å². The van der Waals surface area contributed by atoms with Gasteiger partial charge >= 0.3 is 5.97 Å². The van der Waals surface area contributed by atoms with Gasteiger partial charge in [-0.25, -0.2) is 0 Å². The predicted molar refractivity (Wildman–Crippen MR) is 94.5 cm³/mol. The number of carboxylic acid groups (broad SMARTS) is 2. The fourth-order valence-corrected chi connectivity index (χ4v) is 5.25. The Balaban J connectivity index is 1.75. The minimum atomic E-state index is -1.42. The summed E-state index contributed by atoms with van der Waals surface area (Å²) in [6.07, 6.45) is -0.287. The van der Waals surface area contributed by atoms with E-state index in [0.717, 1.165) is 0 Å². The van der Waals surface area contributed by atoms with Crippen LogP contribution >= 0.6 is 11.8 Å². The van der Waals surface area contributed by atoms with Gasteiger partial charge in [-0.15, -0.1) is 11.8 Å². The number of hydrogen-bond acceptors (Lipinski definition) is 6. The zero-order valence-corrected chi connectivity index (χ0v) is 15.6. The maximum Gasteiger partial charge on any atom is 0.320 e. The number of carbonyl (C=O) groups is 4. The Morgan fingerprint density at radius 3 is 2.48 bits per heavy atom. The molecule has 1 unspecified atom stereocenters. The number of hydrogen-bond donors (Lipinski definition) is 2. The second-order valence-corrected chi connectivity index (χ2v) is 8.89. The van der Waals surface area contributed by atoms with Gasteiger partial charge in [-0.3, -0.25) is 14.4 Å². The molecule has 1 aromatic carbocycles. The molecule has 9 heteroatoms. The first kappa shape index (κ1) is 19.2. The summed E-state index contributed by atoms with van der Waals surface area (Å²) >= 11 is 1.39. The molecule has 0 bridgehead atoms. The summed E-state index contributed by atoms with van der Waals surface area (Å²) in [5.74, 6) is -5.16. The van der Waals surface area contributed by atoms with E-state index in [4.69, 9.17) is 0 Å². The first-order valence-corrected chi connectivity index (χ1v) is 9.29. The van der Waals surface area contributed by atoms with Crippen LogP contribution in [-0.4, -0.2) is 56.0 Å². The molecule has 2 aliphatic rings. The third-order valence-electron chi connectivity index (χ3n) is 4.94. The maximum absolute atomic E-state index is 12.6. The topological polar surface area (TPSA) is 127 Å². The van der Waals surface area contributed by atoms with Crippen molar-refractivity contribution in [2.24, 2.45) is 0 Å². The first-order chi connectivity index (χ1) is 12.6. The second-order valence-electron chi connectivity index (χ2n) is 7.12. The third kappa shape index (κ3) is 3.39. The summed E-state index contributed by atoms with van der Waals surface area (Å²) in [4.78, 5) is 49.1. The number of fused-ring (bicyclic) bond motifs is 1. The van der Waals surface area contributed by atoms with E-state index in [9.17, 15) is 29.4 Å². The van der Waals surface area contributed by atoms with E-state index in [2.05, 4.69) is 5.32 Å². The van der Waals surface area contributed by atoms with E-state index in [-0.39, 0.29) is 6.42 Å². The van der Waals surface area contributed by atoms with Crippen LogP contribution in [0, 0.1) is 0 Å². The van der Waals surface area contributed by atoms with Gasteiger partial charge in [-0.1, -0.05) is 30.3 Å². The van der Waals surface area contributed by atoms with Crippen LogP contribution in [0.2, 0.25) is 0 Å². The number of rotatable bonds is 6. The van der Waals surface area contributed by atoms with E-state index in [1.165, 1.54) is 28.8 Å². The monoisotopic (exact) mass is 391 g/mol. The van der Waals surface area contributed by atoms with Crippen LogP contribution < -0.4 is 10.4 Å². The highest BCUT2D eigenvalue weighted by molar-refractivity contribution is 8.01. The van der Waals surface area contributed by atoms with Gasteiger partial charge in [-0.05, 0) is 19.4 Å². The van der Waals surface area contributed by atoms with Crippen molar-refractivity contribution < 1.29 is 29.4 Å². The molecule has 2 fully saturated rings. The number of β-lactam (4-membered cyclic amide) rings is 1. The van der Waals surface area contributed by atoms with Crippen LogP contribution in [0.5, 0.6) is 0 Å².